The summed E-state index contributed by atoms with van der Waals surface area (Å²) < 4.78 is 13.1. The van der Waals surface area contributed by atoms with Crippen LogP contribution in [0.4, 0.5) is 4.39 Å². The van der Waals surface area contributed by atoms with E-state index in [1.54, 1.807) is 12.1 Å². The Morgan fingerprint density at radius 3 is 2.50 bits per heavy atom. The maximum atomic E-state index is 13.1. The van der Waals surface area contributed by atoms with E-state index >= 15 is 0 Å². The molecule has 0 spiro atoms. The van der Waals surface area contributed by atoms with Crippen molar-refractivity contribution in [1.29, 1.82) is 0 Å². The molecule has 0 heterocycles. The lowest BCUT2D eigenvalue weighted by Crippen LogP contribution is -1.91. The molecule has 2 nitrogen and oxygen atoms in total. The molecule has 0 fully saturated rings. The highest BCUT2D eigenvalue weighted by Crippen LogP contribution is 2.24. The van der Waals surface area contributed by atoms with Crippen LogP contribution in [0.5, 0.6) is 0 Å². The molecule has 78 valence electrons. The minimum absolute atomic E-state index is 0.178. The first-order valence-corrected chi connectivity index (χ1v) is 6.02. The third-order valence-corrected chi connectivity index (χ3v) is 2.73. The zero-order valence-corrected chi connectivity index (χ0v) is 8.75. The molecule has 0 aliphatic rings. The van der Waals surface area contributed by atoms with Crippen LogP contribution in [-0.4, -0.2) is 15.9 Å². The fourth-order valence-corrected chi connectivity index (χ4v) is 1.78. The van der Waals surface area contributed by atoms with Crippen molar-refractivity contribution < 1.29 is 14.2 Å². The Bertz CT molecular complexity index is 279. The van der Waals surface area contributed by atoms with E-state index in [1.807, 2.05) is 6.07 Å². The highest BCUT2D eigenvalue weighted by molar-refractivity contribution is 7.45. The normalized spacial score (nSPS) is 10.9. The topological polar surface area (TPSA) is 40.5 Å². The predicted molar refractivity (Wildman–Crippen MR) is 55.6 cm³/mol. The van der Waals surface area contributed by atoms with Gasteiger partial charge in [0.2, 0.25) is 0 Å². The summed E-state index contributed by atoms with van der Waals surface area (Å²) in [7, 11) is -1.78. The van der Waals surface area contributed by atoms with E-state index in [2.05, 4.69) is 0 Å². The number of halogens is 1. The standard InChI is InChI=1S/C10H14FO2P/c11-10-7-2-1-5-9(10)6-3-4-8-14(12)13/h1-2,5,7,12-13H,3-4,6,8H2. The van der Waals surface area contributed by atoms with Crippen LogP contribution in [0.3, 0.4) is 0 Å². The van der Waals surface area contributed by atoms with Crippen molar-refractivity contribution in [3.63, 3.8) is 0 Å². The molecule has 14 heavy (non-hydrogen) atoms. The van der Waals surface area contributed by atoms with Gasteiger partial charge in [0, 0.05) is 6.16 Å². The van der Waals surface area contributed by atoms with Crippen molar-refractivity contribution in [2.24, 2.45) is 0 Å². The Hall–Kier alpha value is -0.500. The molecule has 0 aliphatic carbocycles. The lowest BCUT2D eigenvalue weighted by atomic mass is 10.1. The Morgan fingerprint density at radius 1 is 1.14 bits per heavy atom. The summed E-state index contributed by atoms with van der Waals surface area (Å²) in [5, 5.41) is 0. The van der Waals surface area contributed by atoms with E-state index in [0.717, 1.165) is 12.8 Å². The van der Waals surface area contributed by atoms with Gasteiger partial charge in [0.15, 0.2) is 8.38 Å². The van der Waals surface area contributed by atoms with Gasteiger partial charge in [-0.2, -0.15) is 0 Å². The van der Waals surface area contributed by atoms with Gasteiger partial charge in [-0.3, -0.25) is 0 Å². The van der Waals surface area contributed by atoms with Gasteiger partial charge in [0.25, 0.3) is 0 Å². The molecule has 0 unspecified atom stereocenters. The molecule has 0 saturated carbocycles. The highest BCUT2D eigenvalue weighted by atomic mass is 31.2. The van der Waals surface area contributed by atoms with Crippen LogP contribution in [0.25, 0.3) is 0 Å². The summed E-state index contributed by atoms with van der Waals surface area (Å²) in [5.41, 5.74) is 0.702. The van der Waals surface area contributed by atoms with Gasteiger partial charge in [-0.25, -0.2) is 4.39 Å². The maximum Gasteiger partial charge on any atom is 0.164 e. The quantitative estimate of drug-likeness (QED) is 0.586. The monoisotopic (exact) mass is 216 g/mol. The van der Waals surface area contributed by atoms with E-state index in [4.69, 9.17) is 9.79 Å². The van der Waals surface area contributed by atoms with Crippen molar-refractivity contribution in [2.75, 3.05) is 6.16 Å². The number of aryl methyl sites for hydroxylation is 1. The Balaban J connectivity index is 2.28. The molecule has 1 aromatic rings. The first-order chi connectivity index (χ1) is 6.70. The largest absolute Gasteiger partial charge is 0.350 e. The summed E-state index contributed by atoms with van der Waals surface area (Å²) in [4.78, 5) is 17.3. The first-order valence-electron chi connectivity index (χ1n) is 4.59. The van der Waals surface area contributed by atoms with E-state index in [9.17, 15) is 4.39 Å². The molecule has 1 rings (SSSR count). The van der Waals surface area contributed by atoms with E-state index < -0.39 is 8.38 Å². The van der Waals surface area contributed by atoms with E-state index in [-0.39, 0.29) is 5.82 Å². The number of rotatable bonds is 5. The van der Waals surface area contributed by atoms with Crippen molar-refractivity contribution in [1.82, 2.24) is 0 Å². The van der Waals surface area contributed by atoms with Gasteiger partial charge >= 0.3 is 0 Å². The van der Waals surface area contributed by atoms with Gasteiger partial charge in [0.05, 0.1) is 0 Å². The lowest BCUT2D eigenvalue weighted by molar-refractivity contribution is 0.479. The molecule has 0 saturated heterocycles. The molecule has 4 heteroatoms. The molecular weight excluding hydrogens is 202 g/mol. The van der Waals surface area contributed by atoms with Crippen LogP contribution in [0.2, 0.25) is 0 Å². The molecule has 0 radical (unpaired) electrons. The summed E-state index contributed by atoms with van der Waals surface area (Å²) in [6.07, 6.45) is 2.60. The maximum absolute atomic E-state index is 13.1. The van der Waals surface area contributed by atoms with Crippen molar-refractivity contribution >= 4 is 8.38 Å². The molecule has 2 N–H and O–H groups in total. The fraction of sp³-hybridized carbons (Fsp3) is 0.400. The van der Waals surface area contributed by atoms with Crippen molar-refractivity contribution in [3.05, 3.63) is 35.6 Å². The summed E-state index contributed by atoms with van der Waals surface area (Å²) >= 11 is 0. The van der Waals surface area contributed by atoms with E-state index in [0.29, 0.717) is 18.1 Å². The Morgan fingerprint density at radius 2 is 1.86 bits per heavy atom. The van der Waals surface area contributed by atoms with Gasteiger partial charge < -0.3 is 9.79 Å². The van der Waals surface area contributed by atoms with Gasteiger partial charge in [0.1, 0.15) is 5.82 Å². The molecule has 0 aromatic heterocycles. The average Bonchev–Trinajstić information content (AvgIpc) is 2.15. The second-order valence-electron chi connectivity index (χ2n) is 3.14. The lowest BCUT2D eigenvalue weighted by Gasteiger charge is -2.03. The van der Waals surface area contributed by atoms with Crippen molar-refractivity contribution in [3.8, 4) is 0 Å². The summed E-state index contributed by atoms with van der Waals surface area (Å²) in [6.45, 7) is 0. The molecule has 0 bridgehead atoms. The van der Waals surface area contributed by atoms with Crippen LogP contribution < -0.4 is 0 Å². The molecule has 0 aliphatic heterocycles. The fourth-order valence-electron chi connectivity index (χ4n) is 1.27. The average molecular weight is 216 g/mol. The Labute approximate surface area is 84.3 Å². The van der Waals surface area contributed by atoms with Crippen LogP contribution in [0, 0.1) is 5.82 Å². The van der Waals surface area contributed by atoms with Crippen molar-refractivity contribution in [2.45, 2.75) is 19.3 Å². The third kappa shape index (κ3) is 4.14. The minimum atomic E-state index is -1.78. The SMILES string of the molecule is OP(O)CCCCc1ccccc1F. The zero-order chi connectivity index (χ0) is 10.4. The second kappa shape index (κ2) is 6.07. The molecule has 0 atom stereocenters. The third-order valence-electron chi connectivity index (χ3n) is 2.01. The number of unbranched alkanes of at least 4 members (excludes halogenated alkanes) is 1. The molecule has 1 aromatic carbocycles. The summed E-state index contributed by atoms with van der Waals surface area (Å²) in [5.74, 6) is -0.178. The Kier molecular flexibility index (Phi) is 5.02. The predicted octanol–water partition coefficient (Wildman–Crippen LogP) is 2.44. The molecule has 0 amide bonds. The van der Waals surface area contributed by atoms with Crippen LogP contribution >= 0.6 is 8.38 Å². The number of hydrogen-bond acceptors (Lipinski definition) is 2. The molecular formula is C10H14FO2P. The summed E-state index contributed by atoms with van der Waals surface area (Å²) in [6, 6.07) is 6.68. The van der Waals surface area contributed by atoms with Crippen LogP contribution in [0.15, 0.2) is 24.3 Å². The van der Waals surface area contributed by atoms with Gasteiger partial charge in [-0.1, -0.05) is 18.2 Å². The minimum Gasteiger partial charge on any atom is -0.350 e. The zero-order valence-electron chi connectivity index (χ0n) is 7.86. The number of hydrogen-bond donors (Lipinski definition) is 2. The second-order valence-corrected chi connectivity index (χ2v) is 4.34. The number of benzene rings is 1. The first kappa shape index (κ1) is 11.6. The smallest absolute Gasteiger partial charge is 0.164 e. The van der Waals surface area contributed by atoms with Gasteiger partial charge in [-0.05, 0) is 30.9 Å². The van der Waals surface area contributed by atoms with Crippen LogP contribution in [-0.2, 0) is 6.42 Å². The highest BCUT2D eigenvalue weighted by Gasteiger charge is 2.01. The van der Waals surface area contributed by atoms with Gasteiger partial charge in [-0.15, -0.1) is 0 Å². The van der Waals surface area contributed by atoms with Crippen LogP contribution in [0.1, 0.15) is 18.4 Å². The van der Waals surface area contributed by atoms with E-state index in [1.165, 1.54) is 6.07 Å².